The number of unbranched alkanes of at least 4 members (excludes halogenated alkanes) is 3. The largest absolute Gasteiger partial charge is 0.494 e. The zero-order valence-corrected chi connectivity index (χ0v) is 23.9. The van der Waals surface area contributed by atoms with Crippen molar-refractivity contribution < 1.29 is 38.1 Å². The van der Waals surface area contributed by atoms with Crippen LogP contribution in [0.1, 0.15) is 36.0 Å². The molecule has 0 atom stereocenters. The van der Waals surface area contributed by atoms with Gasteiger partial charge in [0, 0.05) is 12.2 Å². The average molecular weight is 583 g/mol. The molecular formula is C35H34O8. The standard InChI is InChI=1S/C35H34O8/c1-3-33(36)41-20-8-6-5-7-19-39-28-13-11-25(12-14-28)35(38)43-30-16-18-32-27(24-30)10-9-26-23-29(15-17-31(26)32)40-21-22-42-34(37)4-2/h3-4,9-18,23-24H,1-2,5-8,19-22H2. The molecule has 8 nitrogen and oxygen atoms in total. The predicted octanol–water partition coefficient (Wildman–Crippen LogP) is 6.99. The van der Waals surface area contributed by atoms with E-state index in [1.807, 2.05) is 42.5 Å². The number of hydrogen-bond donors (Lipinski definition) is 0. The van der Waals surface area contributed by atoms with E-state index >= 15 is 0 Å². The predicted molar refractivity (Wildman–Crippen MR) is 165 cm³/mol. The molecule has 0 N–H and O–H groups in total. The van der Waals surface area contributed by atoms with Crippen LogP contribution >= 0.6 is 0 Å². The quantitative estimate of drug-likeness (QED) is 0.0459. The summed E-state index contributed by atoms with van der Waals surface area (Å²) >= 11 is 0. The Balaban J connectivity index is 1.26. The Morgan fingerprint density at radius 1 is 0.558 bits per heavy atom. The fraction of sp³-hybridized carbons (Fsp3) is 0.229. The highest BCUT2D eigenvalue weighted by molar-refractivity contribution is 6.08. The highest BCUT2D eigenvalue weighted by Gasteiger charge is 2.11. The Bertz CT molecular complexity index is 1590. The van der Waals surface area contributed by atoms with Crippen LogP contribution in [0, 0.1) is 0 Å². The molecule has 4 rings (SSSR count). The molecule has 0 aliphatic carbocycles. The maximum Gasteiger partial charge on any atom is 0.343 e. The van der Waals surface area contributed by atoms with Crippen LogP contribution in [0.4, 0.5) is 0 Å². The number of carbonyl (C=O) groups excluding carboxylic acids is 3. The molecule has 0 amide bonds. The Hall–Kier alpha value is -5.11. The van der Waals surface area contributed by atoms with Gasteiger partial charge in [-0.25, -0.2) is 14.4 Å². The third-order valence-electron chi connectivity index (χ3n) is 6.56. The fourth-order valence-corrected chi connectivity index (χ4v) is 4.37. The number of carbonyl (C=O) groups is 3. The van der Waals surface area contributed by atoms with Crippen LogP contribution in [0.15, 0.2) is 98.1 Å². The minimum atomic E-state index is -0.483. The lowest BCUT2D eigenvalue weighted by Crippen LogP contribution is -2.10. The molecule has 0 saturated heterocycles. The van der Waals surface area contributed by atoms with E-state index in [1.54, 1.807) is 30.3 Å². The minimum absolute atomic E-state index is 0.139. The molecule has 4 aromatic carbocycles. The van der Waals surface area contributed by atoms with E-state index in [-0.39, 0.29) is 13.2 Å². The van der Waals surface area contributed by atoms with Crippen LogP contribution in [-0.2, 0) is 19.1 Å². The van der Waals surface area contributed by atoms with Crippen molar-refractivity contribution in [2.45, 2.75) is 25.7 Å². The second-order valence-electron chi connectivity index (χ2n) is 9.60. The molecule has 0 saturated carbocycles. The third kappa shape index (κ3) is 9.19. The molecule has 0 aromatic heterocycles. The van der Waals surface area contributed by atoms with Gasteiger partial charge in [0.1, 0.15) is 30.5 Å². The van der Waals surface area contributed by atoms with E-state index in [0.29, 0.717) is 36.0 Å². The highest BCUT2D eigenvalue weighted by Crippen LogP contribution is 2.31. The van der Waals surface area contributed by atoms with E-state index in [4.69, 9.17) is 23.7 Å². The number of ether oxygens (including phenoxy) is 5. The Labute approximate surface area is 250 Å². The van der Waals surface area contributed by atoms with E-state index < -0.39 is 17.9 Å². The lowest BCUT2D eigenvalue weighted by atomic mass is 10.0. The Morgan fingerprint density at radius 3 is 1.74 bits per heavy atom. The van der Waals surface area contributed by atoms with Gasteiger partial charge < -0.3 is 23.7 Å². The van der Waals surface area contributed by atoms with Crippen LogP contribution in [0.2, 0.25) is 0 Å². The van der Waals surface area contributed by atoms with Crippen molar-refractivity contribution in [1.82, 2.24) is 0 Å². The topological polar surface area (TPSA) is 97.4 Å². The molecule has 222 valence electrons. The molecule has 0 aliphatic rings. The molecular weight excluding hydrogens is 548 g/mol. The van der Waals surface area contributed by atoms with Crippen LogP contribution in [0.25, 0.3) is 21.5 Å². The Morgan fingerprint density at radius 2 is 1.09 bits per heavy atom. The first kappa shape index (κ1) is 30.8. The van der Waals surface area contributed by atoms with Gasteiger partial charge in [-0.05, 0) is 95.8 Å². The van der Waals surface area contributed by atoms with Crippen molar-refractivity contribution >= 4 is 39.5 Å². The minimum Gasteiger partial charge on any atom is -0.494 e. The number of esters is 3. The number of fused-ring (bicyclic) bond motifs is 3. The number of hydrogen-bond acceptors (Lipinski definition) is 8. The molecule has 0 fully saturated rings. The van der Waals surface area contributed by atoms with Gasteiger partial charge in [0.2, 0.25) is 0 Å². The molecule has 0 radical (unpaired) electrons. The smallest absolute Gasteiger partial charge is 0.343 e. The van der Waals surface area contributed by atoms with Gasteiger partial charge >= 0.3 is 17.9 Å². The van der Waals surface area contributed by atoms with E-state index in [9.17, 15) is 14.4 Å². The lowest BCUT2D eigenvalue weighted by molar-refractivity contribution is -0.139. The number of benzene rings is 4. The summed E-state index contributed by atoms with van der Waals surface area (Å²) in [6.45, 7) is 8.06. The normalized spacial score (nSPS) is 10.6. The summed E-state index contributed by atoms with van der Waals surface area (Å²) in [4.78, 5) is 34.9. The summed E-state index contributed by atoms with van der Waals surface area (Å²) in [6, 6.07) is 22.1. The summed E-state index contributed by atoms with van der Waals surface area (Å²) in [5.41, 5.74) is 0.423. The zero-order chi connectivity index (χ0) is 30.4. The van der Waals surface area contributed by atoms with Crippen molar-refractivity contribution in [3.8, 4) is 17.2 Å². The van der Waals surface area contributed by atoms with E-state index in [1.165, 1.54) is 0 Å². The van der Waals surface area contributed by atoms with Gasteiger partial charge in [-0.1, -0.05) is 37.4 Å². The van der Waals surface area contributed by atoms with Gasteiger partial charge in [0.05, 0.1) is 18.8 Å². The second kappa shape index (κ2) is 15.8. The molecule has 0 aliphatic heterocycles. The molecule has 0 spiro atoms. The summed E-state index contributed by atoms with van der Waals surface area (Å²) in [6.07, 6.45) is 5.86. The Kier molecular flexibility index (Phi) is 11.3. The van der Waals surface area contributed by atoms with Crippen LogP contribution < -0.4 is 14.2 Å². The molecule has 0 heterocycles. The monoisotopic (exact) mass is 582 g/mol. The summed E-state index contributed by atoms with van der Waals surface area (Å²) in [5.74, 6) is 0.467. The summed E-state index contributed by atoms with van der Waals surface area (Å²) in [7, 11) is 0. The molecule has 43 heavy (non-hydrogen) atoms. The van der Waals surface area contributed by atoms with Crippen molar-refractivity contribution in [3.05, 3.63) is 104 Å². The van der Waals surface area contributed by atoms with Gasteiger partial charge in [-0.2, -0.15) is 0 Å². The molecule has 8 heteroatoms. The molecule has 0 unspecified atom stereocenters. The first-order valence-corrected chi connectivity index (χ1v) is 14.1. The van der Waals surface area contributed by atoms with Gasteiger partial charge in [-0.3, -0.25) is 0 Å². The first-order valence-electron chi connectivity index (χ1n) is 14.1. The van der Waals surface area contributed by atoms with Gasteiger partial charge in [-0.15, -0.1) is 0 Å². The number of rotatable bonds is 16. The highest BCUT2D eigenvalue weighted by atomic mass is 16.6. The fourth-order valence-electron chi connectivity index (χ4n) is 4.37. The zero-order valence-electron chi connectivity index (χ0n) is 23.9. The van der Waals surface area contributed by atoms with Crippen LogP contribution in [-0.4, -0.2) is 44.3 Å². The molecule has 0 bridgehead atoms. The average Bonchev–Trinajstić information content (AvgIpc) is 3.03. The van der Waals surface area contributed by atoms with E-state index in [0.717, 1.165) is 59.4 Å². The summed E-state index contributed by atoms with van der Waals surface area (Å²) < 4.78 is 27.0. The van der Waals surface area contributed by atoms with Crippen molar-refractivity contribution in [3.63, 3.8) is 0 Å². The maximum atomic E-state index is 12.8. The third-order valence-corrected chi connectivity index (χ3v) is 6.56. The van der Waals surface area contributed by atoms with Crippen molar-refractivity contribution in [2.24, 2.45) is 0 Å². The SMILES string of the molecule is C=CC(=O)OCCCCCCOc1ccc(C(=O)Oc2ccc3c(ccc4cc(OCCOC(=O)C=C)ccc43)c2)cc1. The van der Waals surface area contributed by atoms with Crippen molar-refractivity contribution in [1.29, 1.82) is 0 Å². The van der Waals surface area contributed by atoms with Gasteiger partial charge in [0.15, 0.2) is 0 Å². The van der Waals surface area contributed by atoms with Crippen LogP contribution in [0.3, 0.4) is 0 Å². The second-order valence-corrected chi connectivity index (χ2v) is 9.60. The maximum absolute atomic E-state index is 12.8. The van der Waals surface area contributed by atoms with Crippen molar-refractivity contribution in [2.75, 3.05) is 26.4 Å². The lowest BCUT2D eigenvalue weighted by Gasteiger charge is -2.10. The van der Waals surface area contributed by atoms with Crippen LogP contribution in [0.5, 0.6) is 17.2 Å². The first-order chi connectivity index (χ1) is 21.0. The van der Waals surface area contributed by atoms with E-state index in [2.05, 4.69) is 13.2 Å². The summed E-state index contributed by atoms with van der Waals surface area (Å²) in [5, 5.41) is 3.97. The van der Waals surface area contributed by atoms with Gasteiger partial charge in [0.25, 0.3) is 0 Å². The molecule has 4 aromatic rings.